The Morgan fingerprint density at radius 1 is 1.47 bits per heavy atom. The molecule has 1 aliphatic heterocycles. The van der Waals surface area contributed by atoms with Crippen LogP contribution in [0.3, 0.4) is 0 Å². The average Bonchev–Trinajstić information content (AvgIpc) is 2.76. The van der Waals surface area contributed by atoms with Gasteiger partial charge in [-0.3, -0.25) is 4.79 Å². The molecule has 1 amide bonds. The van der Waals surface area contributed by atoms with Crippen LogP contribution < -0.4 is 0 Å². The maximum Gasteiger partial charge on any atom is 0.326 e. The first-order valence-corrected chi connectivity index (χ1v) is 6.04. The van der Waals surface area contributed by atoms with E-state index in [-0.39, 0.29) is 11.8 Å². The highest BCUT2D eigenvalue weighted by Gasteiger charge is 2.33. The Balaban J connectivity index is 2.65. The van der Waals surface area contributed by atoms with Crippen LogP contribution in [0, 0.1) is 5.92 Å². The quantitative estimate of drug-likeness (QED) is 0.785. The van der Waals surface area contributed by atoms with Crippen molar-refractivity contribution in [1.29, 1.82) is 0 Å². The van der Waals surface area contributed by atoms with Crippen LogP contribution in [0.1, 0.15) is 33.1 Å². The summed E-state index contributed by atoms with van der Waals surface area (Å²) in [5.74, 6) is -0.932. The normalized spacial score (nSPS) is 21.5. The lowest BCUT2D eigenvalue weighted by molar-refractivity contribution is -0.153. The van der Waals surface area contributed by atoms with Gasteiger partial charge in [-0.2, -0.15) is 0 Å². The van der Waals surface area contributed by atoms with Crippen LogP contribution in [0.4, 0.5) is 0 Å². The Bertz CT molecular complexity index is 284. The lowest BCUT2D eigenvalue weighted by Crippen LogP contribution is -2.47. The number of carboxylic acid groups (broad SMARTS) is 1. The van der Waals surface area contributed by atoms with Gasteiger partial charge in [0, 0.05) is 13.7 Å². The molecule has 0 aromatic carbocycles. The van der Waals surface area contributed by atoms with Gasteiger partial charge in [-0.15, -0.1) is 0 Å². The van der Waals surface area contributed by atoms with Gasteiger partial charge in [0.05, 0.1) is 0 Å². The van der Waals surface area contributed by atoms with E-state index in [0.717, 1.165) is 6.42 Å². The van der Waals surface area contributed by atoms with Gasteiger partial charge in [-0.25, -0.2) is 4.79 Å². The molecule has 1 N–H and O–H groups in total. The number of aliphatic carboxylic acids is 1. The van der Waals surface area contributed by atoms with Gasteiger partial charge in [0.25, 0.3) is 5.91 Å². The Morgan fingerprint density at radius 2 is 2.12 bits per heavy atom. The first kappa shape index (κ1) is 14.0. The molecule has 1 heterocycles. The average molecular weight is 243 g/mol. The summed E-state index contributed by atoms with van der Waals surface area (Å²) in [4.78, 5) is 24.5. The molecule has 0 saturated carbocycles. The topological polar surface area (TPSA) is 66.8 Å². The van der Waals surface area contributed by atoms with E-state index in [1.165, 1.54) is 4.90 Å². The number of likely N-dealkylation sites (N-methyl/N-ethyl adjacent to an activating group) is 1. The van der Waals surface area contributed by atoms with E-state index in [2.05, 4.69) is 0 Å². The lowest BCUT2D eigenvalue weighted by atomic mass is 10.0. The zero-order chi connectivity index (χ0) is 13.0. The number of carboxylic acids is 1. The number of hydrogen-bond donors (Lipinski definition) is 1. The Hall–Kier alpha value is -1.10. The summed E-state index contributed by atoms with van der Waals surface area (Å²) >= 11 is 0. The fourth-order valence-corrected chi connectivity index (χ4v) is 2.02. The molecule has 1 aliphatic rings. The number of amides is 1. The monoisotopic (exact) mass is 243 g/mol. The molecule has 0 aromatic rings. The maximum atomic E-state index is 12.0. The summed E-state index contributed by atoms with van der Waals surface area (Å²) in [6.07, 6.45) is 1.57. The van der Waals surface area contributed by atoms with Crippen molar-refractivity contribution in [3.05, 3.63) is 0 Å². The predicted molar refractivity (Wildman–Crippen MR) is 62.6 cm³/mol. The number of nitrogens with zero attached hydrogens (tertiary/aromatic N) is 1. The molecule has 1 fully saturated rings. The molecule has 1 saturated heterocycles. The zero-order valence-electron chi connectivity index (χ0n) is 10.7. The van der Waals surface area contributed by atoms with E-state index >= 15 is 0 Å². The smallest absolute Gasteiger partial charge is 0.326 e. The second kappa shape index (κ2) is 6.00. The van der Waals surface area contributed by atoms with Gasteiger partial charge in [0.15, 0.2) is 0 Å². The first-order chi connectivity index (χ1) is 7.93. The Morgan fingerprint density at radius 3 is 2.53 bits per heavy atom. The van der Waals surface area contributed by atoms with Crippen molar-refractivity contribution in [3.8, 4) is 0 Å². The van der Waals surface area contributed by atoms with Crippen LogP contribution in [0.2, 0.25) is 0 Å². The molecule has 5 heteroatoms. The molecule has 98 valence electrons. The van der Waals surface area contributed by atoms with Crippen LogP contribution >= 0.6 is 0 Å². The molecule has 0 spiro atoms. The standard InChI is InChI=1S/C12H21NO4/c1-8(2)7-9(12(15)16)13(3)11(14)10-5-4-6-17-10/h8-10H,4-7H2,1-3H3,(H,15,16). The number of carbonyl (C=O) groups excluding carboxylic acids is 1. The van der Waals surface area contributed by atoms with Gasteiger partial charge in [0.2, 0.25) is 0 Å². The van der Waals surface area contributed by atoms with Crippen LogP contribution in [0.5, 0.6) is 0 Å². The summed E-state index contributed by atoms with van der Waals surface area (Å²) in [6, 6.07) is -0.758. The minimum Gasteiger partial charge on any atom is -0.480 e. The van der Waals surface area contributed by atoms with Crippen molar-refractivity contribution < 1.29 is 19.4 Å². The molecule has 0 aromatic heterocycles. The molecular formula is C12H21NO4. The third-order valence-corrected chi connectivity index (χ3v) is 3.00. The molecule has 5 nitrogen and oxygen atoms in total. The van der Waals surface area contributed by atoms with Crippen molar-refractivity contribution in [3.63, 3.8) is 0 Å². The second-order valence-corrected chi connectivity index (χ2v) is 4.93. The minimum absolute atomic E-state index is 0.212. The van der Waals surface area contributed by atoms with Crippen LogP contribution in [-0.4, -0.2) is 47.7 Å². The highest BCUT2D eigenvalue weighted by molar-refractivity contribution is 5.86. The molecule has 0 bridgehead atoms. The van der Waals surface area contributed by atoms with E-state index in [4.69, 9.17) is 9.84 Å². The van der Waals surface area contributed by atoms with E-state index in [1.807, 2.05) is 13.8 Å². The van der Waals surface area contributed by atoms with Crippen molar-refractivity contribution in [2.45, 2.75) is 45.3 Å². The number of rotatable bonds is 5. The van der Waals surface area contributed by atoms with E-state index < -0.39 is 18.1 Å². The van der Waals surface area contributed by atoms with Gasteiger partial charge in [0.1, 0.15) is 12.1 Å². The maximum absolute atomic E-state index is 12.0. The number of hydrogen-bond acceptors (Lipinski definition) is 3. The molecule has 0 radical (unpaired) electrons. The summed E-state index contributed by atoms with van der Waals surface area (Å²) in [5, 5.41) is 9.15. The lowest BCUT2D eigenvalue weighted by Gasteiger charge is -2.28. The zero-order valence-corrected chi connectivity index (χ0v) is 10.7. The molecule has 0 aliphatic carbocycles. The highest BCUT2D eigenvalue weighted by atomic mass is 16.5. The SMILES string of the molecule is CC(C)CC(C(=O)O)N(C)C(=O)C1CCCO1. The summed E-state index contributed by atoms with van der Waals surface area (Å²) < 4.78 is 5.29. The fraction of sp³-hybridized carbons (Fsp3) is 0.833. The van der Waals surface area contributed by atoms with E-state index in [9.17, 15) is 9.59 Å². The van der Waals surface area contributed by atoms with Crippen LogP contribution in [0.15, 0.2) is 0 Å². The molecule has 1 rings (SSSR count). The largest absolute Gasteiger partial charge is 0.480 e. The second-order valence-electron chi connectivity index (χ2n) is 4.93. The third kappa shape index (κ3) is 3.70. The third-order valence-electron chi connectivity index (χ3n) is 3.00. The number of ether oxygens (including phenoxy) is 1. The van der Waals surface area contributed by atoms with Gasteiger partial charge in [-0.1, -0.05) is 13.8 Å². The summed E-state index contributed by atoms with van der Waals surface area (Å²) in [7, 11) is 1.55. The van der Waals surface area contributed by atoms with Gasteiger partial charge < -0.3 is 14.7 Å². The fourth-order valence-electron chi connectivity index (χ4n) is 2.02. The molecule has 2 unspecified atom stereocenters. The van der Waals surface area contributed by atoms with E-state index in [1.54, 1.807) is 7.05 Å². The number of carbonyl (C=O) groups is 2. The molecule has 2 atom stereocenters. The summed E-state index contributed by atoms with van der Waals surface area (Å²) in [5.41, 5.74) is 0. The molecular weight excluding hydrogens is 222 g/mol. The highest BCUT2D eigenvalue weighted by Crippen LogP contribution is 2.18. The van der Waals surface area contributed by atoms with Crippen molar-refractivity contribution in [1.82, 2.24) is 4.90 Å². The summed E-state index contributed by atoms with van der Waals surface area (Å²) in [6.45, 7) is 4.48. The van der Waals surface area contributed by atoms with Crippen LogP contribution in [-0.2, 0) is 14.3 Å². The van der Waals surface area contributed by atoms with Gasteiger partial charge >= 0.3 is 5.97 Å². The van der Waals surface area contributed by atoms with Gasteiger partial charge in [-0.05, 0) is 25.2 Å². The Labute approximate surface area is 102 Å². The minimum atomic E-state index is -0.951. The van der Waals surface area contributed by atoms with Crippen molar-refractivity contribution >= 4 is 11.9 Å². The van der Waals surface area contributed by atoms with Crippen LogP contribution in [0.25, 0.3) is 0 Å². The molecule has 17 heavy (non-hydrogen) atoms. The van der Waals surface area contributed by atoms with E-state index in [0.29, 0.717) is 19.4 Å². The first-order valence-electron chi connectivity index (χ1n) is 6.04. The predicted octanol–water partition coefficient (Wildman–Crippen LogP) is 1.12. The Kier molecular flexibility index (Phi) is 4.93. The van der Waals surface area contributed by atoms with Crippen molar-refractivity contribution in [2.75, 3.05) is 13.7 Å². The van der Waals surface area contributed by atoms with Crippen molar-refractivity contribution in [2.24, 2.45) is 5.92 Å².